The van der Waals surface area contributed by atoms with Crippen LogP contribution in [-0.4, -0.2) is 37.6 Å². The topological polar surface area (TPSA) is 55.6 Å². The molecule has 0 aliphatic heterocycles. The highest BCUT2D eigenvalue weighted by molar-refractivity contribution is 5.94. The number of hydrogen-bond acceptors (Lipinski definition) is 3. The summed E-state index contributed by atoms with van der Waals surface area (Å²) >= 11 is 0. The zero-order valence-electron chi connectivity index (χ0n) is 9.93. The van der Waals surface area contributed by atoms with Crippen molar-refractivity contribution < 1.29 is 9.53 Å². The lowest BCUT2D eigenvalue weighted by molar-refractivity contribution is 0.0748. The second-order valence-corrected chi connectivity index (χ2v) is 3.73. The Hall–Kier alpha value is -1.55. The molecule has 0 heterocycles. The first-order valence-corrected chi connectivity index (χ1v) is 5.21. The molecule has 1 atom stereocenters. The highest BCUT2D eigenvalue weighted by atomic mass is 16.5. The van der Waals surface area contributed by atoms with Gasteiger partial charge in [-0.2, -0.15) is 0 Å². The predicted octanol–water partition coefficient (Wildman–Crippen LogP) is 1.11. The highest BCUT2D eigenvalue weighted by Crippen LogP contribution is 2.14. The number of rotatable bonds is 4. The Bertz CT molecular complexity index is 366. The molecule has 0 aliphatic carbocycles. The molecule has 1 amide bonds. The van der Waals surface area contributed by atoms with Gasteiger partial charge >= 0.3 is 0 Å². The van der Waals surface area contributed by atoms with Gasteiger partial charge in [0.05, 0.1) is 7.11 Å². The first-order chi connectivity index (χ1) is 7.60. The third-order valence-corrected chi connectivity index (χ3v) is 2.64. The second kappa shape index (κ2) is 5.51. The molecule has 0 bridgehead atoms. The normalized spacial score (nSPS) is 12.0. The Kier molecular flexibility index (Phi) is 4.31. The molecule has 4 heteroatoms. The quantitative estimate of drug-likeness (QED) is 0.830. The molecular formula is C12H18N2O2. The monoisotopic (exact) mass is 222 g/mol. The minimum Gasteiger partial charge on any atom is -0.497 e. The van der Waals surface area contributed by atoms with Gasteiger partial charge in [0.1, 0.15) is 5.75 Å². The molecule has 16 heavy (non-hydrogen) atoms. The van der Waals surface area contributed by atoms with Gasteiger partial charge in [0.15, 0.2) is 0 Å². The van der Waals surface area contributed by atoms with E-state index in [1.807, 2.05) is 13.0 Å². The van der Waals surface area contributed by atoms with E-state index in [1.54, 1.807) is 37.3 Å². The maximum Gasteiger partial charge on any atom is 0.254 e. The van der Waals surface area contributed by atoms with E-state index in [4.69, 9.17) is 10.5 Å². The smallest absolute Gasteiger partial charge is 0.254 e. The van der Waals surface area contributed by atoms with Crippen molar-refractivity contribution >= 4 is 5.91 Å². The SMILES string of the molecule is COc1cccc(C(=O)N(C)C(C)CN)c1. The van der Waals surface area contributed by atoms with Crippen molar-refractivity contribution in [3.8, 4) is 5.75 Å². The summed E-state index contributed by atoms with van der Waals surface area (Å²) in [7, 11) is 3.33. The number of nitrogens with zero attached hydrogens (tertiary/aromatic N) is 1. The summed E-state index contributed by atoms with van der Waals surface area (Å²) in [6, 6.07) is 7.13. The number of methoxy groups -OCH3 is 1. The van der Waals surface area contributed by atoms with Crippen LogP contribution in [0.5, 0.6) is 5.75 Å². The number of benzene rings is 1. The van der Waals surface area contributed by atoms with Crippen LogP contribution in [0.4, 0.5) is 0 Å². The molecule has 0 fully saturated rings. The Morgan fingerprint density at radius 1 is 1.56 bits per heavy atom. The fourth-order valence-electron chi connectivity index (χ4n) is 1.32. The molecule has 0 spiro atoms. The average molecular weight is 222 g/mol. The molecule has 1 rings (SSSR count). The van der Waals surface area contributed by atoms with E-state index < -0.39 is 0 Å². The number of carbonyl (C=O) groups is 1. The summed E-state index contributed by atoms with van der Waals surface area (Å²) < 4.78 is 5.08. The lowest BCUT2D eigenvalue weighted by Gasteiger charge is -2.23. The molecule has 2 N–H and O–H groups in total. The van der Waals surface area contributed by atoms with E-state index in [2.05, 4.69) is 0 Å². The molecule has 0 saturated carbocycles. The van der Waals surface area contributed by atoms with Crippen molar-refractivity contribution in [1.82, 2.24) is 4.90 Å². The Balaban J connectivity index is 2.87. The molecule has 1 unspecified atom stereocenters. The van der Waals surface area contributed by atoms with Gasteiger partial charge in [-0.25, -0.2) is 0 Å². The molecule has 4 nitrogen and oxygen atoms in total. The molecule has 0 aromatic heterocycles. The van der Waals surface area contributed by atoms with Gasteiger partial charge in [-0.3, -0.25) is 4.79 Å². The molecule has 0 aliphatic rings. The molecule has 1 aromatic carbocycles. The summed E-state index contributed by atoms with van der Waals surface area (Å²) in [5.74, 6) is 0.636. The van der Waals surface area contributed by atoms with Crippen LogP contribution in [0, 0.1) is 0 Å². The summed E-state index contributed by atoms with van der Waals surface area (Å²) in [6.07, 6.45) is 0. The van der Waals surface area contributed by atoms with Crippen LogP contribution in [0.25, 0.3) is 0 Å². The lowest BCUT2D eigenvalue weighted by Crippen LogP contribution is -2.39. The number of hydrogen-bond donors (Lipinski definition) is 1. The van der Waals surface area contributed by atoms with Crippen LogP contribution >= 0.6 is 0 Å². The summed E-state index contributed by atoms with van der Waals surface area (Å²) in [5, 5.41) is 0. The van der Waals surface area contributed by atoms with E-state index in [0.717, 1.165) is 0 Å². The number of nitrogens with two attached hydrogens (primary N) is 1. The first kappa shape index (κ1) is 12.5. The van der Waals surface area contributed by atoms with Gasteiger partial charge in [-0.15, -0.1) is 0 Å². The van der Waals surface area contributed by atoms with Crippen LogP contribution in [0.1, 0.15) is 17.3 Å². The van der Waals surface area contributed by atoms with E-state index in [9.17, 15) is 4.79 Å². The summed E-state index contributed by atoms with van der Waals surface area (Å²) in [4.78, 5) is 13.7. The standard InChI is InChI=1S/C12H18N2O2/c1-9(8-13)14(2)12(15)10-5-4-6-11(7-10)16-3/h4-7,9H,8,13H2,1-3H3. The van der Waals surface area contributed by atoms with Crippen molar-refractivity contribution in [3.63, 3.8) is 0 Å². The fourth-order valence-corrected chi connectivity index (χ4v) is 1.32. The molecule has 0 saturated heterocycles. The minimum absolute atomic E-state index is 0.0266. The van der Waals surface area contributed by atoms with E-state index in [1.165, 1.54) is 0 Å². The second-order valence-electron chi connectivity index (χ2n) is 3.73. The lowest BCUT2D eigenvalue weighted by atomic mass is 10.1. The Morgan fingerprint density at radius 2 is 2.25 bits per heavy atom. The van der Waals surface area contributed by atoms with Gasteiger partial charge in [0.25, 0.3) is 5.91 Å². The van der Waals surface area contributed by atoms with Gasteiger partial charge in [-0.1, -0.05) is 6.07 Å². The summed E-state index contributed by atoms with van der Waals surface area (Å²) in [5.41, 5.74) is 6.14. The maximum atomic E-state index is 12.0. The molecule has 0 radical (unpaired) electrons. The van der Waals surface area contributed by atoms with Crippen molar-refractivity contribution in [2.75, 3.05) is 20.7 Å². The third kappa shape index (κ3) is 2.73. The highest BCUT2D eigenvalue weighted by Gasteiger charge is 2.16. The van der Waals surface area contributed by atoms with Crippen molar-refractivity contribution in [1.29, 1.82) is 0 Å². The van der Waals surface area contributed by atoms with E-state index in [-0.39, 0.29) is 11.9 Å². The van der Waals surface area contributed by atoms with Crippen molar-refractivity contribution in [3.05, 3.63) is 29.8 Å². The zero-order valence-corrected chi connectivity index (χ0v) is 9.93. The van der Waals surface area contributed by atoms with Crippen LogP contribution < -0.4 is 10.5 Å². The number of ether oxygens (including phenoxy) is 1. The van der Waals surface area contributed by atoms with Gasteiger partial charge in [0, 0.05) is 25.2 Å². The fraction of sp³-hybridized carbons (Fsp3) is 0.417. The van der Waals surface area contributed by atoms with Crippen LogP contribution in [0.3, 0.4) is 0 Å². The first-order valence-electron chi connectivity index (χ1n) is 5.21. The van der Waals surface area contributed by atoms with Crippen LogP contribution in [0.15, 0.2) is 24.3 Å². The number of amides is 1. The van der Waals surface area contributed by atoms with Gasteiger partial charge in [-0.05, 0) is 25.1 Å². The number of carbonyl (C=O) groups excluding carboxylic acids is 1. The van der Waals surface area contributed by atoms with Gasteiger partial charge < -0.3 is 15.4 Å². The maximum absolute atomic E-state index is 12.0. The van der Waals surface area contributed by atoms with E-state index in [0.29, 0.717) is 17.9 Å². The van der Waals surface area contributed by atoms with Crippen molar-refractivity contribution in [2.24, 2.45) is 5.73 Å². The molecular weight excluding hydrogens is 204 g/mol. The largest absolute Gasteiger partial charge is 0.497 e. The zero-order chi connectivity index (χ0) is 12.1. The average Bonchev–Trinajstić information content (AvgIpc) is 2.36. The van der Waals surface area contributed by atoms with Gasteiger partial charge in [0.2, 0.25) is 0 Å². The number of likely N-dealkylation sites (N-methyl/N-ethyl adjacent to an activating group) is 1. The molecule has 88 valence electrons. The summed E-state index contributed by atoms with van der Waals surface area (Å²) in [6.45, 7) is 2.37. The predicted molar refractivity (Wildman–Crippen MR) is 63.6 cm³/mol. The molecule has 1 aromatic rings. The van der Waals surface area contributed by atoms with E-state index >= 15 is 0 Å². The Morgan fingerprint density at radius 3 is 2.81 bits per heavy atom. The Labute approximate surface area is 96.0 Å². The third-order valence-electron chi connectivity index (χ3n) is 2.64. The van der Waals surface area contributed by atoms with Crippen molar-refractivity contribution in [2.45, 2.75) is 13.0 Å². The van der Waals surface area contributed by atoms with Crippen LogP contribution in [0.2, 0.25) is 0 Å². The minimum atomic E-state index is -0.0446. The van der Waals surface area contributed by atoms with Crippen LogP contribution in [-0.2, 0) is 0 Å².